The maximum atomic E-state index is 14.5. The number of Topliss-reactive ketones (excluding diaryl/α,β-unsaturated/α-hetero) is 1. The number of ether oxygens (including phenoxy) is 3. The number of likely N-dealkylation sites (tertiary alicyclic amines) is 1. The average molecular weight is 870 g/mol. The van der Waals surface area contributed by atoms with Gasteiger partial charge < -0.3 is 34.6 Å². The molecule has 0 saturated carbocycles. The van der Waals surface area contributed by atoms with Crippen molar-refractivity contribution in [1.29, 1.82) is 0 Å². The summed E-state index contributed by atoms with van der Waals surface area (Å²) in [5.41, 5.74) is 0.814. The topological polar surface area (TPSA) is 164 Å². The number of benzene rings is 1. The van der Waals surface area contributed by atoms with Crippen molar-refractivity contribution >= 4 is 46.8 Å². The van der Waals surface area contributed by atoms with E-state index in [0.717, 1.165) is 16.9 Å². The number of amides is 5. The van der Waals surface area contributed by atoms with Crippen LogP contribution < -0.4 is 10.6 Å². The van der Waals surface area contributed by atoms with Crippen molar-refractivity contribution in [3.8, 4) is 0 Å². The Morgan fingerprint density at radius 2 is 1.54 bits per heavy atom. The smallest absolute Gasteiger partial charge is 0.410 e. The van der Waals surface area contributed by atoms with Crippen LogP contribution in [0.2, 0.25) is 0 Å². The molecular weight excluding hydrogens is 799 g/mol. The molecule has 1 aliphatic heterocycles. The Labute approximate surface area is 367 Å². The molecule has 0 radical (unpaired) electrons. The Balaban J connectivity index is 1.77. The lowest BCUT2D eigenvalue weighted by molar-refractivity contribution is -0.148. The highest BCUT2D eigenvalue weighted by molar-refractivity contribution is 7.09. The molecule has 1 fully saturated rings. The van der Waals surface area contributed by atoms with Crippen molar-refractivity contribution in [2.24, 2.45) is 23.7 Å². The van der Waals surface area contributed by atoms with Gasteiger partial charge in [-0.25, -0.2) is 4.79 Å². The van der Waals surface area contributed by atoms with Crippen molar-refractivity contribution in [3.05, 3.63) is 58.3 Å². The summed E-state index contributed by atoms with van der Waals surface area (Å²) in [6, 6.07) is 9.62. The Morgan fingerprint density at radius 3 is 2.08 bits per heavy atom. The lowest BCUT2D eigenvalue weighted by atomic mass is 9.89. The van der Waals surface area contributed by atoms with E-state index in [0.29, 0.717) is 25.8 Å². The van der Waals surface area contributed by atoms with Crippen LogP contribution in [0.4, 0.5) is 4.79 Å². The highest BCUT2D eigenvalue weighted by atomic mass is 32.1. The number of likely N-dealkylation sites (N-methyl/N-ethyl adjacent to an activating group) is 2. The summed E-state index contributed by atoms with van der Waals surface area (Å²) < 4.78 is 17.5. The van der Waals surface area contributed by atoms with Crippen molar-refractivity contribution in [2.45, 2.75) is 137 Å². The first kappa shape index (κ1) is 51.0. The van der Waals surface area contributed by atoms with Gasteiger partial charge in [-0.1, -0.05) is 91.3 Å². The number of ketones is 1. The summed E-state index contributed by atoms with van der Waals surface area (Å²) in [5, 5.41) is 7.81. The Bertz CT molecular complexity index is 1720. The summed E-state index contributed by atoms with van der Waals surface area (Å²) in [6.45, 7) is 15.1. The molecule has 2 N–H and O–H groups in total. The third kappa shape index (κ3) is 13.8. The number of hydrogen-bond donors (Lipinski definition) is 2. The van der Waals surface area contributed by atoms with Crippen LogP contribution in [-0.4, -0.2) is 127 Å². The molecule has 1 aromatic heterocycles. The second-order valence-corrected chi connectivity index (χ2v) is 18.1. The lowest BCUT2D eigenvalue weighted by Gasteiger charge is -2.41. The van der Waals surface area contributed by atoms with Crippen molar-refractivity contribution < 1.29 is 43.0 Å². The molecule has 5 amide bonds. The van der Waals surface area contributed by atoms with E-state index >= 15 is 0 Å². The SMILES string of the molecule is CCC(C)[C@@H]([C@@H](CC(=O)N1CCC[C@H]1[C@H](OC)[C@@H](C)C(=O)NC(Cc1cccs1)C(C)=O)OC)N(C)C(=O)[C@@H](NC(=O)[C@H](C(C)C)N(C)C(=O)OCc1ccccc1)C(C)C. The Morgan fingerprint density at radius 1 is 0.869 bits per heavy atom. The zero-order valence-corrected chi connectivity index (χ0v) is 39.2. The molecule has 14 nitrogen and oxygen atoms in total. The summed E-state index contributed by atoms with van der Waals surface area (Å²) in [6.07, 6.45) is 0.398. The van der Waals surface area contributed by atoms with Gasteiger partial charge in [-0.2, -0.15) is 0 Å². The summed E-state index contributed by atoms with van der Waals surface area (Å²) >= 11 is 1.53. The monoisotopic (exact) mass is 869 g/mol. The number of rotatable bonds is 23. The van der Waals surface area contributed by atoms with Gasteiger partial charge in [0.05, 0.1) is 42.7 Å². The number of carbonyl (C=O) groups excluding carboxylic acids is 6. The number of nitrogens with zero attached hydrogens (tertiary/aromatic N) is 3. The molecule has 61 heavy (non-hydrogen) atoms. The first-order chi connectivity index (χ1) is 28.9. The molecule has 1 aliphatic rings. The average Bonchev–Trinajstić information content (AvgIpc) is 3.94. The molecule has 1 saturated heterocycles. The van der Waals surface area contributed by atoms with Crippen LogP contribution in [0.1, 0.15) is 91.5 Å². The summed E-state index contributed by atoms with van der Waals surface area (Å²) in [7, 11) is 6.25. The van der Waals surface area contributed by atoms with Crippen LogP contribution in [0.25, 0.3) is 0 Å². The molecule has 3 rings (SSSR count). The van der Waals surface area contributed by atoms with E-state index < -0.39 is 60.3 Å². The van der Waals surface area contributed by atoms with Gasteiger partial charge in [0.1, 0.15) is 18.7 Å². The molecule has 1 aromatic carbocycles. The molecular formula is C46H71N5O9S. The minimum Gasteiger partial charge on any atom is -0.445 e. The van der Waals surface area contributed by atoms with Crippen LogP contribution in [-0.2, 0) is 51.2 Å². The quantitative estimate of drug-likeness (QED) is 0.142. The molecule has 2 aromatic rings. The van der Waals surface area contributed by atoms with Crippen molar-refractivity contribution in [1.82, 2.24) is 25.3 Å². The van der Waals surface area contributed by atoms with Crippen LogP contribution in [0.5, 0.6) is 0 Å². The van der Waals surface area contributed by atoms with Gasteiger partial charge in [-0.05, 0) is 54.5 Å². The predicted molar refractivity (Wildman–Crippen MR) is 237 cm³/mol. The molecule has 0 bridgehead atoms. The van der Waals surface area contributed by atoms with Gasteiger partial charge in [0.2, 0.25) is 23.6 Å². The fraction of sp³-hybridized carbons (Fsp3) is 0.652. The van der Waals surface area contributed by atoms with Crippen LogP contribution in [0.3, 0.4) is 0 Å². The standard InChI is InChI=1S/C46H71N5O9S/c1-13-30(6)41(49(9)45(56)39(28(2)3)48-44(55)40(29(4)5)50(10)46(57)60-27-33-19-15-14-16-20-33)37(58-11)26-38(53)51-23-17-22-36(51)42(59-12)31(7)43(54)47-35(32(8)52)25-34-21-18-24-61-34/h14-16,18-21,24,28-31,35-37,39-42H,13,17,22-23,25-27H2,1-12H3,(H,47,54)(H,48,55)/t30?,31-,35?,36+,37-,39+,40+,41+,42-/m1/s1. The molecule has 15 heteroatoms. The molecule has 2 heterocycles. The predicted octanol–water partition coefficient (Wildman–Crippen LogP) is 5.72. The second-order valence-electron chi connectivity index (χ2n) is 17.1. The zero-order chi connectivity index (χ0) is 45.6. The normalized spacial score (nSPS) is 18.0. The first-order valence-electron chi connectivity index (χ1n) is 21.6. The van der Waals surface area contributed by atoms with E-state index in [9.17, 15) is 28.8 Å². The molecule has 0 spiro atoms. The first-order valence-corrected chi connectivity index (χ1v) is 22.4. The van der Waals surface area contributed by atoms with E-state index in [1.54, 1.807) is 23.8 Å². The highest BCUT2D eigenvalue weighted by Gasteiger charge is 2.43. The van der Waals surface area contributed by atoms with E-state index in [-0.39, 0.29) is 54.3 Å². The van der Waals surface area contributed by atoms with E-state index in [1.165, 1.54) is 44.4 Å². The lowest BCUT2D eigenvalue weighted by Crippen LogP contribution is -2.60. The molecule has 0 aliphatic carbocycles. The van der Waals surface area contributed by atoms with E-state index in [2.05, 4.69) is 10.6 Å². The number of nitrogens with one attached hydrogen (secondary N) is 2. The van der Waals surface area contributed by atoms with E-state index in [4.69, 9.17) is 14.2 Å². The Kier molecular flexibility index (Phi) is 20.4. The van der Waals surface area contributed by atoms with Crippen LogP contribution in [0.15, 0.2) is 47.8 Å². The minimum absolute atomic E-state index is 0.0339. The van der Waals surface area contributed by atoms with Gasteiger partial charge >= 0.3 is 6.09 Å². The number of carbonyl (C=O) groups is 6. The van der Waals surface area contributed by atoms with Crippen LogP contribution in [0, 0.1) is 23.7 Å². The van der Waals surface area contributed by atoms with Crippen LogP contribution >= 0.6 is 11.3 Å². The maximum Gasteiger partial charge on any atom is 0.410 e. The fourth-order valence-corrected chi connectivity index (χ4v) is 9.12. The number of hydrogen-bond acceptors (Lipinski definition) is 10. The van der Waals surface area contributed by atoms with Gasteiger partial charge in [-0.15, -0.1) is 11.3 Å². The van der Waals surface area contributed by atoms with Gasteiger partial charge in [-0.3, -0.25) is 28.9 Å². The third-order valence-electron chi connectivity index (χ3n) is 12.1. The van der Waals surface area contributed by atoms with Gasteiger partial charge in [0.15, 0.2) is 5.78 Å². The van der Waals surface area contributed by atoms with E-state index in [1.807, 2.05) is 89.4 Å². The molecule has 2 unspecified atom stereocenters. The van der Waals surface area contributed by atoms with Crippen molar-refractivity contribution in [3.63, 3.8) is 0 Å². The van der Waals surface area contributed by atoms with Crippen molar-refractivity contribution in [2.75, 3.05) is 34.9 Å². The summed E-state index contributed by atoms with van der Waals surface area (Å²) in [4.78, 5) is 87.7. The highest BCUT2D eigenvalue weighted by Crippen LogP contribution is 2.30. The number of methoxy groups -OCH3 is 2. The molecule has 9 atom stereocenters. The minimum atomic E-state index is -0.946. The fourth-order valence-electron chi connectivity index (χ4n) is 8.37. The van der Waals surface area contributed by atoms with Gasteiger partial charge in [0.25, 0.3) is 0 Å². The maximum absolute atomic E-state index is 14.5. The van der Waals surface area contributed by atoms with Gasteiger partial charge in [0, 0.05) is 46.2 Å². The largest absolute Gasteiger partial charge is 0.445 e. The number of thiophene rings is 1. The zero-order valence-electron chi connectivity index (χ0n) is 38.3. The summed E-state index contributed by atoms with van der Waals surface area (Å²) in [5.74, 6) is -2.87. The third-order valence-corrected chi connectivity index (χ3v) is 13.0. The second kappa shape index (κ2) is 24.3. The Hall–Kier alpha value is -4.34. The molecule has 340 valence electrons.